The van der Waals surface area contributed by atoms with E-state index >= 15 is 0 Å². The lowest BCUT2D eigenvalue weighted by Gasteiger charge is -2.28. The molecule has 0 bridgehead atoms. The molecule has 0 atom stereocenters. The van der Waals surface area contributed by atoms with Crippen molar-refractivity contribution in [2.75, 3.05) is 18.0 Å². The summed E-state index contributed by atoms with van der Waals surface area (Å²) in [6.07, 6.45) is 5.58. The highest BCUT2D eigenvalue weighted by Gasteiger charge is 2.18. The minimum Gasteiger partial charge on any atom is -0.356 e. The monoisotopic (exact) mass is 356 g/mol. The van der Waals surface area contributed by atoms with Crippen LogP contribution < -0.4 is 4.90 Å². The van der Waals surface area contributed by atoms with Crippen molar-refractivity contribution in [3.05, 3.63) is 60.8 Å². The molecule has 1 aliphatic heterocycles. The molecule has 0 aliphatic carbocycles. The van der Waals surface area contributed by atoms with Gasteiger partial charge in [0.15, 0.2) is 0 Å². The third kappa shape index (κ3) is 3.03. The molecule has 3 heterocycles. The summed E-state index contributed by atoms with van der Waals surface area (Å²) in [6.45, 7) is 2.07. The predicted octanol–water partition coefficient (Wildman–Crippen LogP) is 3.87. The molecule has 6 nitrogen and oxygen atoms in total. The van der Waals surface area contributed by atoms with Crippen LogP contribution in [0.1, 0.15) is 19.3 Å². The summed E-state index contributed by atoms with van der Waals surface area (Å²) in [6, 6.07) is 18.2. The van der Waals surface area contributed by atoms with E-state index in [9.17, 15) is 0 Å². The second kappa shape index (κ2) is 6.79. The van der Waals surface area contributed by atoms with E-state index in [1.807, 2.05) is 54.7 Å². The van der Waals surface area contributed by atoms with E-state index < -0.39 is 0 Å². The van der Waals surface area contributed by atoms with Gasteiger partial charge in [0, 0.05) is 24.0 Å². The molecule has 5 rings (SSSR count). The Bertz CT molecular complexity index is 1070. The third-order valence-corrected chi connectivity index (χ3v) is 4.99. The zero-order chi connectivity index (χ0) is 18.1. The zero-order valence-corrected chi connectivity index (χ0v) is 15.0. The first kappa shape index (κ1) is 15.9. The van der Waals surface area contributed by atoms with Crippen molar-refractivity contribution in [3.63, 3.8) is 0 Å². The van der Waals surface area contributed by atoms with Crippen LogP contribution in [-0.2, 0) is 0 Å². The predicted molar refractivity (Wildman–Crippen MR) is 106 cm³/mol. The first-order valence-corrected chi connectivity index (χ1v) is 9.38. The molecule has 0 radical (unpaired) electrons. The number of anilines is 1. The van der Waals surface area contributed by atoms with Crippen molar-refractivity contribution in [1.82, 2.24) is 25.0 Å². The number of hydrogen-bond donors (Lipinski definition) is 0. The highest BCUT2D eigenvalue weighted by atomic mass is 15.5. The summed E-state index contributed by atoms with van der Waals surface area (Å²) in [5.74, 6) is 1.55. The minimum absolute atomic E-state index is 0.559. The molecule has 1 fully saturated rings. The van der Waals surface area contributed by atoms with Gasteiger partial charge < -0.3 is 4.90 Å². The van der Waals surface area contributed by atoms with Crippen molar-refractivity contribution < 1.29 is 0 Å². The average molecular weight is 356 g/mol. The highest BCUT2D eigenvalue weighted by molar-refractivity contribution is 5.90. The number of fused-ring (bicyclic) bond motifs is 1. The smallest absolute Gasteiger partial charge is 0.254 e. The molecule has 0 saturated carbocycles. The van der Waals surface area contributed by atoms with Crippen molar-refractivity contribution in [1.29, 1.82) is 0 Å². The number of para-hydroxylation sites is 1. The van der Waals surface area contributed by atoms with Crippen LogP contribution in [0, 0.1) is 0 Å². The molecule has 4 aromatic rings. The summed E-state index contributed by atoms with van der Waals surface area (Å²) in [4.78, 5) is 12.0. The average Bonchev–Trinajstić information content (AvgIpc) is 3.25. The quantitative estimate of drug-likeness (QED) is 0.558. The van der Waals surface area contributed by atoms with Crippen LogP contribution in [0.15, 0.2) is 60.8 Å². The van der Waals surface area contributed by atoms with Gasteiger partial charge in [-0.1, -0.05) is 47.7 Å². The Morgan fingerprint density at radius 3 is 2.41 bits per heavy atom. The van der Waals surface area contributed by atoms with E-state index in [1.54, 1.807) is 4.68 Å². The highest BCUT2D eigenvalue weighted by Crippen LogP contribution is 2.27. The van der Waals surface area contributed by atoms with Crippen LogP contribution in [-0.4, -0.2) is 38.1 Å². The van der Waals surface area contributed by atoms with Gasteiger partial charge >= 0.3 is 0 Å². The van der Waals surface area contributed by atoms with Crippen LogP contribution in [0.4, 0.5) is 5.82 Å². The topological polar surface area (TPSA) is 59.7 Å². The molecule has 0 spiro atoms. The Morgan fingerprint density at radius 1 is 0.778 bits per heavy atom. The summed E-state index contributed by atoms with van der Waals surface area (Å²) in [7, 11) is 0. The normalized spacial score (nSPS) is 14.6. The Morgan fingerprint density at radius 2 is 1.56 bits per heavy atom. The fourth-order valence-electron chi connectivity index (χ4n) is 3.60. The van der Waals surface area contributed by atoms with Gasteiger partial charge in [-0.3, -0.25) is 0 Å². The Labute approximate surface area is 157 Å². The lowest BCUT2D eigenvalue weighted by molar-refractivity contribution is 0.573. The van der Waals surface area contributed by atoms with E-state index in [0.717, 1.165) is 41.1 Å². The fraction of sp³-hybridized carbons (Fsp3) is 0.238. The van der Waals surface area contributed by atoms with E-state index in [-0.39, 0.29) is 0 Å². The van der Waals surface area contributed by atoms with Crippen molar-refractivity contribution in [3.8, 4) is 17.2 Å². The number of rotatable bonds is 3. The second-order valence-corrected chi connectivity index (χ2v) is 6.83. The largest absolute Gasteiger partial charge is 0.356 e. The van der Waals surface area contributed by atoms with Gasteiger partial charge in [-0.15, -0.1) is 5.10 Å². The number of nitrogens with zero attached hydrogens (tertiary/aromatic N) is 6. The molecule has 0 unspecified atom stereocenters. The van der Waals surface area contributed by atoms with Crippen LogP contribution in [0.2, 0.25) is 0 Å². The minimum atomic E-state index is 0.559. The van der Waals surface area contributed by atoms with Gasteiger partial charge in [0.1, 0.15) is 11.5 Å². The van der Waals surface area contributed by atoms with Crippen molar-refractivity contribution in [2.24, 2.45) is 0 Å². The molecule has 6 heteroatoms. The van der Waals surface area contributed by atoms with Crippen LogP contribution >= 0.6 is 0 Å². The standard InChI is InChI=1S/C21H20N6/c1-3-9-16(10-4-1)19-15-27(25-24-19)21-22-18-12-6-5-11-17(18)20(23-21)26-13-7-2-8-14-26/h1,3-6,9-12,15H,2,7-8,13-14H2. The molecule has 0 N–H and O–H groups in total. The van der Waals surface area contributed by atoms with Gasteiger partial charge in [0.25, 0.3) is 5.95 Å². The van der Waals surface area contributed by atoms with Gasteiger partial charge in [-0.2, -0.15) is 9.67 Å². The zero-order valence-electron chi connectivity index (χ0n) is 15.0. The molecule has 27 heavy (non-hydrogen) atoms. The van der Waals surface area contributed by atoms with E-state index in [2.05, 4.69) is 21.3 Å². The van der Waals surface area contributed by atoms with E-state index in [0.29, 0.717) is 5.95 Å². The maximum absolute atomic E-state index is 4.88. The molecule has 134 valence electrons. The molecule has 0 amide bonds. The van der Waals surface area contributed by atoms with Gasteiger partial charge in [0.05, 0.1) is 11.7 Å². The van der Waals surface area contributed by atoms with Gasteiger partial charge in [0.2, 0.25) is 0 Å². The van der Waals surface area contributed by atoms with Gasteiger partial charge in [-0.05, 0) is 31.4 Å². The number of benzene rings is 2. The first-order valence-electron chi connectivity index (χ1n) is 9.38. The molecular weight excluding hydrogens is 336 g/mol. The summed E-state index contributed by atoms with van der Waals surface area (Å²) in [5, 5.41) is 9.67. The summed E-state index contributed by atoms with van der Waals surface area (Å²) in [5.41, 5.74) is 2.77. The Balaban J connectivity index is 1.60. The first-order chi connectivity index (χ1) is 13.4. The van der Waals surface area contributed by atoms with E-state index in [1.165, 1.54) is 19.3 Å². The Kier molecular flexibility index (Phi) is 4.01. The summed E-state index contributed by atoms with van der Waals surface area (Å²) < 4.78 is 1.67. The van der Waals surface area contributed by atoms with Crippen LogP contribution in [0.5, 0.6) is 0 Å². The van der Waals surface area contributed by atoms with Crippen molar-refractivity contribution in [2.45, 2.75) is 19.3 Å². The molecule has 2 aromatic heterocycles. The summed E-state index contributed by atoms with van der Waals surface area (Å²) >= 11 is 0. The van der Waals surface area contributed by atoms with Gasteiger partial charge in [-0.25, -0.2) is 4.98 Å². The molecule has 2 aromatic carbocycles. The third-order valence-electron chi connectivity index (χ3n) is 4.99. The molecule has 1 saturated heterocycles. The molecule has 1 aliphatic rings. The maximum atomic E-state index is 4.88. The van der Waals surface area contributed by atoms with Crippen molar-refractivity contribution >= 4 is 16.7 Å². The molecular formula is C21H20N6. The van der Waals surface area contributed by atoms with Crippen LogP contribution in [0.3, 0.4) is 0 Å². The maximum Gasteiger partial charge on any atom is 0.254 e. The SMILES string of the molecule is c1ccc(-c2cn(-c3nc(N4CCCCC4)c4ccccc4n3)nn2)cc1. The number of hydrogen-bond acceptors (Lipinski definition) is 5. The van der Waals surface area contributed by atoms with E-state index in [4.69, 9.17) is 9.97 Å². The number of piperidine rings is 1. The number of aromatic nitrogens is 5. The second-order valence-electron chi connectivity index (χ2n) is 6.83. The lowest BCUT2D eigenvalue weighted by atomic mass is 10.1. The fourth-order valence-corrected chi connectivity index (χ4v) is 3.60. The Hall–Kier alpha value is -3.28. The van der Waals surface area contributed by atoms with Crippen LogP contribution in [0.25, 0.3) is 28.1 Å². The lowest BCUT2D eigenvalue weighted by Crippen LogP contribution is -2.30.